The molecule has 0 spiro atoms. The SMILES string of the molecule is Cn1cc(C2CCN(C(=O)C3C[C@]4(C)CCCC[C@]4(C)C3)CC2)c2c(C(F)(F)F)c(NC(=O)c3cccc(C#N)c3)cnc21. The number of alkyl halides is 3. The van der Waals surface area contributed by atoms with Gasteiger partial charge in [0.15, 0.2) is 0 Å². The van der Waals surface area contributed by atoms with Crippen LogP contribution < -0.4 is 5.32 Å². The summed E-state index contributed by atoms with van der Waals surface area (Å²) in [5.74, 6) is -0.739. The molecule has 0 bridgehead atoms. The first-order chi connectivity index (χ1) is 20.8. The molecular formula is C34H38F3N5O2. The van der Waals surface area contributed by atoms with Crippen LogP contribution in [0.2, 0.25) is 0 Å². The van der Waals surface area contributed by atoms with Crippen molar-refractivity contribution < 1.29 is 22.8 Å². The van der Waals surface area contributed by atoms with Crippen molar-refractivity contribution >= 4 is 28.5 Å². The van der Waals surface area contributed by atoms with Gasteiger partial charge in [0.05, 0.1) is 29.1 Å². The Hall–Kier alpha value is -3.87. The maximum absolute atomic E-state index is 14.8. The number of carbonyl (C=O) groups excluding carboxylic acids is 2. The van der Waals surface area contributed by atoms with Crippen LogP contribution in [0.3, 0.4) is 0 Å². The number of benzene rings is 1. The second kappa shape index (κ2) is 10.9. The number of aryl methyl sites for hydroxylation is 1. The molecule has 1 N–H and O–H groups in total. The summed E-state index contributed by atoms with van der Waals surface area (Å²) in [6.07, 6.45) is 5.71. The molecule has 2 saturated carbocycles. The van der Waals surface area contributed by atoms with Gasteiger partial charge in [-0.05, 0) is 79.0 Å². The zero-order valence-electron chi connectivity index (χ0n) is 25.4. The lowest BCUT2D eigenvalue weighted by atomic mass is 9.60. The van der Waals surface area contributed by atoms with Crippen molar-refractivity contribution in [2.24, 2.45) is 23.8 Å². The maximum Gasteiger partial charge on any atom is 0.419 e. The fourth-order valence-corrected chi connectivity index (χ4v) is 8.33. The number of rotatable bonds is 4. The van der Waals surface area contributed by atoms with Gasteiger partial charge in [-0.2, -0.15) is 18.4 Å². The monoisotopic (exact) mass is 605 g/mol. The average molecular weight is 606 g/mol. The number of nitrogens with zero attached hydrogens (tertiary/aromatic N) is 4. The molecule has 1 aromatic carbocycles. The average Bonchev–Trinajstić information content (AvgIpc) is 3.48. The van der Waals surface area contributed by atoms with E-state index >= 15 is 0 Å². The van der Waals surface area contributed by atoms with Crippen LogP contribution in [0.1, 0.15) is 98.2 Å². The molecule has 1 saturated heterocycles. The lowest BCUT2D eigenvalue weighted by molar-refractivity contribution is -0.137. The fourth-order valence-electron chi connectivity index (χ4n) is 8.33. The first kappa shape index (κ1) is 30.2. The molecule has 3 aliphatic rings. The number of nitriles is 1. The highest BCUT2D eigenvalue weighted by molar-refractivity contribution is 6.06. The van der Waals surface area contributed by atoms with E-state index in [1.807, 2.05) is 11.0 Å². The van der Waals surface area contributed by atoms with Gasteiger partial charge in [-0.3, -0.25) is 9.59 Å². The number of halogens is 3. The van der Waals surface area contributed by atoms with Crippen molar-refractivity contribution in [1.82, 2.24) is 14.5 Å². The number of hydrogen-bond donors (Lipinski definition) is 1. The number of hydrogen-bond acceptors (Lipinski definition) is 4. The van der Waals surface area contributed by atoms with Gasteiger partial charge >= 0.3 is 6.18 Å². The second-order valence-electron chi connectivity index (χ2n) is 13.6. The van der Waals surface area contributed by atoms with Crippen LogP contribution >= 0.6 is 0 Å². The predicted molar refractivity (Wildman–Crippen MR) is 161 cm³/mol. The number of pyridine rings is 1. The summed E-state index contributed by atoms with van der Waals surface area (Å²) in [6.45, 7) is 5.70. The Morgan fingerprint density at radius 1 is 1.09 bits per heavy atom. The van der Waals surface area contributed by atoms with Crippen LogP contribution in [-0.2, 0) is 18.0 Å². The molecule has 3 atom stereocenters. The highest BCUT2D eigenvalue weighted by Crippen LogP contribution is 2.62. The van der Waals surface area contributed by atoms with Gasteiger partial charge in [-0.25, -0.2) is 4.98 Å². The number of carbonyl (C=O) groups is 2. The fraction of sp³-hybridized carbons (Fsp3) is 0.529. The van der Waals surface area contributed by atoms with E-state index in [2.05, 4.69) is 24.1 Å². The number of aromatic nitrogens is 2. The molecule has 3 aromatic rings. The molecule has 3 heterocycles. The third-order valence-electron chi connectivity index (χ3n) is 11.0. The van der Waals surface area contributed by atoms with Gasteiger partial charge in [-0.1, -0.05) is 32.8 Å². The van der Waals surface area contributed by atoms with Crippen molar-refractivity contribution in [2.45, 2.75) is 77.3 Å². The van der Waals surface area contributed by atoms with Crippen LogP contribution in [-0.4, -0.2) is 39.4 Å². The van der Waals surface area contributed by atoms with E-state index in [1.165, 1.54) is 49.9 Å². The van der Waals surface area contributed by atoms with Crippen LogP contribution in [0.4, 0.5) is 18.9 Å². The molecular weight excluding hydrogens is 567 g/mol. The summed E-state index contributed by atoms with van der Waals surface area (Å²) in [7, 11) is 1.67. The number of anilines is 1. The summed E-state index contributed by atoms with van der Waals surface area (Å²) < 4.78 is 45.9. The Labute approximate surface area is 255 Å². The number of nitrogens with one attached hydrogen (secondary N) is 1. The normalized spacial score (nSPS) is 25.9. The summed E-state index contributed by atoms with van der Waals surface area (Å²) in [4.78, 5) is 32.9. The van der Waals surface area contributed by atoms with Crippen molar-refractivity contribution in [2.75, 3.05) is 18.4 Å². The minimum atomic E-state index is -4.77. The van der Waals surface area contributed by atoms with Crippen LogP contribution in [0.25, 0.3) is 11.0 Å². The highest BCUT2D eigenvalue weighted by atomic mass is 19.4. The van der Waals surface area contributed by atoms with Gasteiger partial charge in [0, 0.05) is 43.2 Å². The van der Waals surface area contributed by atoms with E-state index in [4.69, 9.17) is 5.26 Å². The minimum Gasteiger partial charge on any atom is -0.342 e. The smallest absolute Gasteiger partial charge is 0.342 e. The van der Waals surface area contributed by atoms with Crippen molar-refractivity contribution in [3.63, 3.8) is 0 Å². The number of likely N-dealkylation sites (tertiary alicyclic amines) is 1. The molecule has 2 amide bonds. The van der Waals surface area contributed by atoms with Gasteiger partial charge in [-0.15, -0.1) is 0 Å². The van der Waals surface area contributed by atoms with Crippen molar-refractivity contribution in [1.29, 1.82) is 5.26 Å². The third-order valence-corrected chi connectivity index (χ3v) is 11.0. The number of piperidine rings is 1. The van der Waals surface area contributed by atoms with E-state index in [0.29, 0.717) is 31.5 Å². The minimum absolute atomic E-state index is 0.0123. The van der Waals surface area contributed by atoms with Crippen molar-refractivity contribution in [3.8, 4) is 6.07 Å². The number of fused-ring (bicyclic) bond motifs is 2. The van der Waals surface area contributed by atoms with Crippen LogP contribution in [0.15, 0.2) is 36.7 Å². The first-order valence-electron chi connectivity index (χ1n) is 15.5. The quantitative estimate of drug-likeness (QED) is 0.335. The topological polar surface area (TPSA) is 91.0 Å². The van der Waals surface area contributed by atoms with E-state index in [9.17, 15) is 22.8 Å². The standard InChI is InChI=1S/C34H38F3N5O2/c1-32-11-4-5-12-33(32,2)17-24(16-32)31(44)42-13-9-22(10-14-42)25-20-41(3)29-27(25)28(34(35,36)37)26(19-39-29)40-30(43)23-8-6-7-21(15-23)18-38/h6-8,15,19-20,22,24H,4-5,9-14,16-17H2,1-3H3,(H,40,43)/t24?,32-,33+. The van der Waals surface area contributed by atoms with Gasteiger partial charge in [0.25, 0.3) is 5.91 Å². The summed E-state index contributed by atoms with van der Waals surface area (Å²) in [5, 5.41) is 11.5. The summed E-state index contributed by atoms with van der Waals surface area (Å²) in [6, 6.07) is 7.73. The molecule has 1 aliphatic heterocycles. The summed E-state index contributed by atoms with van der Waals surface area (Å²) >= 11 is 0. The Bertz CT molecular complexity index is 1650. The lowest BCUT2D eigenvalue weighted by Crippen LogP contribution is -2.41. The Morgan fingerprint density at radius 2 is 1.75 bits per heavy atom. The molecule has 1 unspecified atom stereocenters. The van der Waals surface area contributed by atoms with E-state index in [-0.39, 0.29) is 50.7 Å². The molecule has 2 aliphatic carbocycles. The van der Waals surface area contributed by atoms with Crippen LogP contribution in [0.5, 0.6) is 0 Å². The lowest BCUT2D eigenvalue weighted by Gasteiger charge is -2.45. The molecule has 232 valence electrons. The molecule has 10 heteroatoms. The summed E-state index contributed by atoms with van der Waals surface area (Å²) in [5.41, 5.74) is 0.0472. The van der Waals surface area contributed by atoms with Gasteiger partial charge in [0.1, 0.15) is 5.65 Å². The molecule has 3 fully saturated rings. The highest BCUT2D eigenvalue weighted by Gasteiger charge is 2.55. The Morgan fingerprint density at radius 3 is 2.36 bits per heavy atom. The van der Waals surface area contributed by atoms with E-state index < -0.39 is 23.3 Å². The van der Waals surface area contributed by atoms with E-state index in [1.54, 1.807) is 17.8 Å². The van der Waals surface area contributed by atoms with Crippen molar-refractivity contribution in [3.05, 3.63) is 58.9 Å². The maximum atomic E-state index is 14.8. The van der Waals surface area contributed by atoms with Gasteiger partial charge in [0.2, 0.25) is 5.91 Å². The first-order valence-corrected chi connectivity index (χ1v) is 15.5. The molecule has 0 radical (unpaired) electrons. The molecule has 7 nitrogen and oxygen atoms in total. The predicted octanol–water partition coefficient (Wildman–Crippen LogP) is 7.42. The van der Waals surface area contributed by atoms with Gasteiger partial charge < -0.3 is 14.8 Å². The van der Waals surface area contributed by atoms with Crippen LogP contribution in [0, 0.1) is 28.1 Å². The van der Waals surface area contributed by atoms with E-state index in [0.717, 1.165) is 19.0 Å². The Balaban J connectivity index is 1.25. The third kappa shape index (κ3) is 5.14. The molecule has 6 rings (SSSR count). The molecule has 44 heavy (non-hydrogen) atoms. The second-order valence-corrected chi connectivity index (χ2v) is 13.6. The largest absolute Gasteiger partial charge is 0.419 e. The zero-order chi connectivity index (χ0) is 31.4. The molecule has 2 aromatic heterocycles. The number of amides is 2. The Kier molecular flexibility index (Phi) is 7.50. The zero-order valence-corrected chi connectivity index (χ0v) is 25.4.